The lowest BCUT2D eigenvalue weighted by Gasteiger charge is -2.09. The van der Waals surface area contributed by atoms with Gasteiger partial charge in [-0.1, -0.05) is 18.2 Å². The number of rotatable bonds is 7. The number of amides is 2. The van der Waals surface area contributed by atoms with Gasteiger partial charge >= 0.3 is 0 Å². The third kappa shape index (κ3) is 5.41. The molecule has 6 heteroatoms. The van der Waals surface area contributed by atoms with Crippen LogP contribution >= 0.6 is 0 Å². The summed E-state index contributed by atoms with van der Waals surface area (Å²) in [6.45, 7) is 0. The molecule has 6 nitrogen and oxygen atoms in total. The number of carbonyl (C=O) groups excluding carboxylic acids is 2. The van der Waals surface area contributed by atoms with Crippen molar-refractivity contribution in [2.75, 3.05) is 17.7 Å². The second kappa shape index (κ2) is 9.32. The number of hydrogen-bond acceptors (Lipinski definition) is 4. The lowest BCUT2D eigenvalue weighted by atomic mass is 10.1. The second-order valence-corrected chi connectivity index (χ2v) is 6.17. The van der Waals surface area contributed by atoms with Crippen LogP contribution in [0.15, 0.2) is 73.1 Å². The Hall–Kier alpha value is -3.67. The number of nitrogens with one attached hydrogen (secondary N) is 2. The molecule has 1 aromatic heterocycles. The van der Waals surface area contributed by atoms with E-state index in [-0.39, 0.29) is 11.8 Å². The predicted molar refractivity (Wildman–Crippen MR) is 109 cm³/mol. The van der Waals surface area contributed by atoms with Gasteiger partial charge in [0.05, 0.1) is 12.7 Å². The Bertz CT molecular complexity index is 941. The molecule has 2 amide bonds. The number of carbonyl (C=O) groups is 2. The van der Waals surface area contributed by atoms with Gasteiger partial charge in [0.1, 0.15) is 5.75 Å². The van der Waals surface area contributed by atoms with Crippen molar-refractivity contribution in [3.8, 4) is 5.75 Å². The molecule has 2 aromatic carbocycles. The van der Waals surface area contributed by atoms with Crippen LogP contribution in [0.25, 0.3) is 0 Å². The Kier molecular flexibility index (Phi) is 6.36. The largest absolute Gasteiger partial charge is 0.497 e. The van der Waals surface area contributed by atoms with E-state index in [0.29, 0.717) is 29.8 Å². The molecule has 0 aliphatic heterocycles. The first-order valence-electron chi connectivity index (χ1n) is 8.88. The molecule has 0 saturated heterocycles. The van der Waals surface area contributed by atoms with Crippen molar-refractivity contribution in [3.63, 3.8) is 0 Å². The average molecular weight is 375 g/mol. The van der Waals surface area contributed by atoms with E-state index < -0.39 is 0 Å². The molecule has 0 atom stereocenters. The van der Waals surface area contributed by atoms with E-state index in [0.717, 1.165) is 11.3 Å². The van der Waals surface area contributed by atoms with Gasteiger partial charge in [-0.05, 0) is 54.4 Å². The molecule has 0 aliphatic carbocycles. The highest BCUT2D eigenvalue weighted by Gasteiger charge is 2.08. The smallest absolute Gasteiger partial charge is 0.257 e. The number of hydrogen-bond donors (Lipinski definition) is 2. The number of pyridine rings is 1. The number of benzene rings is 2. The highest BCUT2D eigenvalue weighted by atomic mass is 16.5. The topological polar surface area (TPSA) is 80.3 Å². The van der Waals surface area contributed by atoms with Crippen molar-refractivity contribution in [2.24, 2.45) is 0 Å². The summed E-state index contributed by atoms with van der Waals surface area (Å²) in [6, 6.07) is 18.1. The summed E-state index contributed by atoms with van der Waals surface area (Å²) >= 11 is 0. The molecule has 0 unspecified atom stereocenters. The van der Waals surface area contributed by atoms with Gasteiger partial charge in [-0.15, -0.1) is 0 Å². The zero-order valence-electron chi connectivity index (χ0n) is 15.5. The molecule has 1 heterocycles. The number of methoxy groups -OCH3 is 1. The van der Waals surface area contributed by atoms with Crippen molar-refractivity contribution in [1.29, 1.82) is 0 Å². The van der Waals surface area contributed by atoms with Crippen molar-refractivity contribution < 1.29 is 14.3 Å². The Morgan fingerprint density at radius 3 is 2.39 bits per heavy atom. The van der Waals surface area contributed by atoms with E-state index in [9.17, 15) is 9.59 Å². The fraction of sp³-hybridized carbons (Fsp3) is 0.136. The molecule has 2 N–H and O–H groups in total. The lowest BCUT2D eigenvalue weighted by Crippen LogP contribution is -2.14. The summed E-state index contributed by atoms with van der Waals surface area (Å²) in [5, 5.41) is 5.66. The van der Waals surface area contributed by atoms with Gasteiger partial charge in [0.25, 0.3) is 5.91 Å². The fourth-order valence-electron chi connectivity index (χ4n) is 2.65. The van der Waals surface area contributed by atoms with E-state index >= 15 is 0 Å². The van der Waals surface area contributed by atoms with Crippen molar-refractivity contribution in [2.45, 2.75) is 12.8 Å². The maximum atomic E-state index is 12.2. The van der Waals surface area contributed by atoms with Gasteiger partial charge in [-0.3, -0.25) is 14.6 Å². The van der Waals surface area contributed by atoms with Gasteiger partial charge in [0.2, 0.25) is 5.91 Å². The van der Waals surface area contributed by atoms with Crippen LogP contribution < -0.4 is 15.4 Å². The van der Waals surface area contributed by atoms with Crippen LogP contribution in [-0.4, -0.2) is 23.9 Å². The molecule has 0 aliphatic rings. The number of nitrogens with zero attached hydrogens (tertiary/aromatic N) is 1. The SMILES string of the molecule is COc1ccc(CCC(=O)Nc2cccc(NC(=O)c3cccnc3)c2)cc1. The summed E-state index contributed by atoms with van der Waals surface area (Å²) in [7, 11) is 1.62. The molecule has 0 fully saturated rings. The van der Waals surface area contributed by atoms with Crippen LogP contribution in [0.1, 0.15) is 22.3 Å². The first-order chi connectivity index (χ1) is 13.6. The summed E-state index contributed by atoms with van der Waals surface area (Å²) in [4.78, 5) is 28.4. The minimum Gasteiger partial charge on any atom is -0.497 e. The molecular formula is C22H21N3O3. The van der Waals surface area contributed by atoms with Crippen LogP contribution in [0.4, 0.5) is 11.4 Å². The summed E-state index contributed by atoms with van der Waals surface area (Å²) < 4.78 is 5.13. The molecular weight excluding hydrogens is 354 g/mol. The van der Waals surface area contributed by atoms with E-state index in [4.69, 9.17) is 4.74 Å². The monoisotopic (exact) mass is 375 g/mol. The third-order valence-corrected chi connectivity index (χ3v) is 4.13. The lowest BCUT2D eigenvalue weighted by molar-refractivity contribution is -0.116. The zero-order valence-corrected chi connectivity index (χ0v) is 15.5. The van der Waals surface area contributed by atoms with Gasteiger partial charge in [-0.25, -0.2) is 0 Å². The van der Waals surface area contributed by atoms with Crippen molar-refractivity contribution >= 4 is 23.2 Å². The molecule has 0 bridgehead atoms. The average Bonchev–Trinajstić information content (AvgIpc) is 2.73. The number of ether oxygens (including phenoxy) is 1. The standard InChI is InChI=1S/C22H21N3O3/c1-28-20-10-7-16(8-11-20)9-12-21(26)24-18-5-2-6-19(14-18)25-22(27)17-4-3-13-23-15-17/h2-8,10-11,13-15H,9,12H2,1H3,(H,24,26)(H,25,27). The van der Waals surface area contributed by atoms with Crippen LogP contribution in [0.3, 0.4) is 0 Å². The summed E-state index contributed by atoms with van der Waals surface area (Å²) in [5.41, 5.74) is 2.76. The molecule has 0 spiro atoms. The maximum absolute atomic E-state index is 12.2. The van der Waals surface area contributed by atoms with Crippen LogP contribution in [0, 0.1) is 0 Å². The Morgan fingerprint density at radius 2 is 1.71 bits per heavy atom. The fourth-order valence-corrected chi connectivity index (χ4v) is 2.65. The highest BCUT2D eigenvalue weighted by Crippen LogP contribution is 2.17. The van der Waals surface area contributed by atoms with E-state index in [1.807, 2.05) is 24.3 Å². The number of aromatic nitrogens is 1. The van der Waals surface area contributed by atoms with E-state index in [1.165, 1.54) is 6.20 Å². The highest BCUT2D eigenvalue weighted by molar-refractivity contribution is 6.04. The first-order valence-corrected chi connectivity index (χ1v) is 8.88. The molecule has 142 valence electrons. The van der Waals surface area contributed by atoms with Crippen molar-refractivity contribution in [3.05, 3.63) is 84.2 Å². The minimum atomic E-state index is -0.254. The maximum Gasteiger partial charge on any atom is 0.257 e. The summed E-state index contributed by atoms with van der Waals surface area (Å²) in [5.74, 6) is 0.445. The molecule has 3 rings (SSSR count). The van der Waals surface area contributed by atoms with Gasteiger partial charge in [-0.2, -0.15) is 0 Å². The Balaban J connectivity index is 1.54. The molecule has 0 saturated carbocycles. The molecule has 0 radical (unpaired) electrons. The summed E-state index contributed by atoms with van der Waals surface area (Å²) in [6.07, 6.45) is 4.10. The molecule has 28 heavy (non-hydrogen) atoms. The Labute approximate surface area is 163 Å². The van der Waals surface area contributed by atoms with Gasteiger partial charge in [0.15, 0.2) is 0 Å². The van der Waals surface area contributed by atoms with Crippen LogP contribution in [0.5, 0.6) is 5.75 Å². The Morgan fingerprint density at radius 1 is 0.964 bits per heavy atom. The number of anilines is 2. The first kappa shape index (κ1) is 19.1. The van der Waals surface area contributed by atoms with Crippen LogP contribution in [-0.2, 0) is 11.2 Å². The van der Waals surface area contributed by atoms with E-state index in [1.54, 1.807) is 49.7 Å². The predicted octanol–water partition coefficient (Wildman–Crippen LogP) is 3.91. The third-order valence-electron chi connectivity index (χ3n) is 4.13. The van der Waals surface area contributed by atoms with Gasteiger partial charge in [0, 0.05) is 30.2 Å². The quantitative estimate of drug-likeness (QED) is 0.656. The van der Waals surface area contributed by atoms with Crippen molar-refractivity contribution in [1.82, 2.24) is 4.98 Å². The van der Waals surface area contributed by atoms with Crippen LogP contribution in [0.2, 0.25) is 0 Å². The minimum absolute atomic E-state index is 0.0912. The second-order valence-electron chi connectivity index (χ2n) is 6.17. The molecule has 3 aromatic rings. The normalized spacial score (nSPS) is 10.2. The van der Waals surface area contributed by atoms with Gasteiger partial charge < -0.3 is 15.4 Å². The van der Waals surface area contributed by atoms with E-state index in [2.05, 4.69) is 15.6 Å². The zero-order chi connectivity index (χ0) is 19.8. The number of aryl methyl sites for hydroxylation is 1.